The number of carbonyl (C=O) groups is 1. The van der Waals surface area contributed by atoms with Crippen molar-refractivity contribution in [3.05, 3.63) is 57.8 Å². The van der Waals surface area contributed by atoms with E-state index < -0.39 is 0 Å². The average molecular weight is 287 g/mol. The fraction of sp³-hybridized carbons (Fsp3) is 0.353. The highest BCUT2D eigenvalue weighted by molar-refractivity contribution is 7.14. The van der Waals surface area contributed by atoms with Crippen molar-refractivity contribution < 1.29 is 4.79 Å². The molecule has 1 unspecified atom stereocenters. The molecular formula is C17H21NOS. The summed E-state index contributed by atoms with van der Waals surface area (Å²) in [6.07, 6.45) is 2.24. The van der Waals surface area contributed by atoms with Crippen LogP contribution in [-0.4, -0.2) is 5.91 Å². The molecule has 1 aromatic heterocycles. The van der Waals surface area contributed by atoms with Gasteiger partial charge < -0.3 is 5.32 Å². The molecule has 20 heavy (non-hydrogen) atoms. The van der Waals surface area contributed by atoms with E-state index in [0.29, 0.717) is 12.5 Å². The van der Waals surface area contributed by atoms with E-state index >= 15 is 0 Å². The van der Waals surface area contributed by atoms with Crippen molar-refractivity contribution in [1.82, 2.24) is 5.32 Å². The highest BCUT2D eigenvalue weighted by atomic mass is 32.1. The molecule has 106 valence electrons. The second-order valence-electron chi connectivity index (χ2n) is 5.15. The molecule has 3 heteroatoms. The highest BCUT2D eigenvalue weighted by Gasteiger charge is 2.10. The number of hydrogen-bond donors (Lipinski definition) is 1. The first kappa shape index (κ1) is 14.8. The number of thiophene rings is 1. The molecule has 2 aromatic rings. The lowest BCUT2D eigenvalue weighted by molar-refractivity contribution is 0.0955. The van der Waals surface area contributed by atoms with E-state index in [0.717, 1.165) is 16.9 Å². The Balaban J connectivity index is 1.89. The third-order valence-electron chi connectivity index (χ3n) is 3.43. The largest absolute Gasteiger partial charge is 0.347 e. The summed E-state index contributed by atoms with van der Waals surface area (Å²) in [6, 6.07) is 14.0. The summed E-state index contributed by atoms with van der Waals surface area (Å²) in [5.41, 5.74) is 1.12. The smallest absolute Gasteiger partial charge is 0.261 e. The average Bonchev–Trinajstić information content (AvgIpc) is 2.94. The number of carbonyl (C=O) groups excluding carboxylic acids is 1. The van der Waals surface area contributed by atoms with Gasteiger partial charge in [0.1, 0.15) is 0 Å². The van der Waals surface area contributed by atoms with Crippen molar-refractivity contribution in [3.8, 4) is 0 Å². The first-order valence-corrected chi connectivity index (χ1v) is 7.91. The maximum absolute atomic E-state index is 12.1. The van der Waals surface area contributed by atoms with Gasteiger partial charge in [0.25, 0.3) is 5.91 Å². The lowest BCUT2D eigenvalue weighted by atomic mass is 10.0. The molecule has 0 saturated heterocycles. The molecule has 1 N–H and O–H groups in total. The lowest BCUT2D eigenvalue weighted by Gasteiger charge is -2.05. The zero-order valence-corrected chi connectivity index (χ0v) is 12.9. The van der Waals surface area contributed by atoms with E-state index in [9.17, 15) is 4.79 Å². The van der Waals surface area contributed by atoms with Crippen molar-refractivity contribution in [2.24, 2.45) is 5.92 Å². The van der Waals surface area contributed by atoms with Crippen LogP contribution in [-0.2, 0) is 13.0 Å². The van der Waals surface area contributed by atoms with Crippen molar-refractivity contribution >= 4 is 17.2 Å². The predicted octanol–water partition coefficient (Wildman–Crippen LogP) is 4.27. The van der Waals surface area contributed by atoms with Gasteiger partial charge in [-0.3, -0.25) is 4.79 Å². The molecule has 0 aliphatic carbocycles. The third kappa shape index (κ3) is 4.20. The van der Waals surface area contributed by atoms with Crippen LogP contribution in [0.15, 0.2) is 42.5 Å². The Morgan fingerprint density at radius 3 is 2.65 bits per heavy atom. The van der Waals surface area contributed by atoms with E-state index in [1.54, 1.807) is 11.3 Å². The number of hydrogen-bond acceptors (Lipinski definition) is 2. The van der Waals surface area contributed by atoms with Crippen LogP contribution in [0, 0.1) is 5.92 Å². The van der Waals surface area contributed by atoms with E-state index in [1.807, 2.05) is 36.4 Å². The Bertz CT molecular complexity index is 547. The maximum atomic E-state index is 12.1. The summed E-state index contributed by atoms with van der Waals surface area (Å²) in [6.45, 7) is 5.03. The minimum Gasteiger partial charge on any atom is -0.347 e. The molecule has 1 aromatic carbocycles. The maximum Gasteiger partial charge on any atom is 0.261 e. The summed E-state index contributed by atoms with van der Waals surface area (Å²) in [5.74, 6) is 0.697. The molecular weight excluding hydrogens is 266 g/mol. The van der Waals surface area contributed by atoms with E-state index in [2.05, 4.69) is 25.2 Å². The van der Waals surface area contributed by atoms with Crippen LogP contribution in [0.4, 0.5) is 0 Å². The third-order valence-corrected chi connectivity index (χ3v) is 4.53. The normalized spacial score (nSPS) is 12.1. The molecule has 2 nitrogen and oxygen atoms in total. The van der Waals surface area contributed by atoms with E-state index in [1.165, 1.54) is 11.3 Å². The molecule has 0 bridgehead atoms. The number of amides is 1. The fourth-order valence-electron chi connectivity index (χ4n) is 1.96. The molecule has 0 saturated carbocycles. The Kier molecular flexibility index (Phi) is 5.36. The van der Waals surface area contributed by atoms with Gasteiger partial charge in [-0.05, 0) is 30.0 Å². The van der Waals surface area contributed by atoms with Crippen LogP contribution in [0.25, 0.3) is 0 Å². The summed E-state index contributed by atoms with van der Waals surface area (Å²) in [7, 11) is 0. The highest BCUT2D eigenvalue weighted by Crippen LogP contribution is 2.21. The van der Waals surface area contributed by atoms with Gasteiger partial charge in [-0.25, -0.2) is 0 Å². The van der Waals surface area contributed by atoms with Crippen LogP contribution in [0.2, 0.25) is 0 Å². The molecule has 0 aliphatic heterocycles. The van der Waals surface area contributed by atoms with Gasteiger partial charge in [0.05, 0.1) is 4.88 Å². The lowest BCUT2D eigenvalue weighted by Crippen LogP contribution is -2.21. The van der Waals surface area contributed by atoms with Gasteiger partial charge in [0, 0.05) is 11.4 Å². The summed E-state index contributed by atoms with van der Waals surface area (Å²) >= 11 is 1.61. The minimum absolute atomic E-state index is 0.0225. The Labute approximate surface area is 124 Å². The molecule has 0 aliphatic rings. The van der Waals surface area contributed by atoms with Crippen molar-refractivity contribution in [1.29, 1.82) is 0 Å². The first-order valence-electron chi connectivity index (χ1n) is 7.10. The Morgan fingerprint density at radius 2 is 1.95 bits per heavy atom. The SMILES string of the molecule is CCC(C)Cc1ccc(C(=O)NCc2ccccc2)s1. The van der Waals surface area contributed by atoms with Gasteiger partial charge in [-0.15, -0.1) is 11.3 Å². The summed E-state index contributed by atoms with van der Waals surface area (Å²) in [5, 5.41) is 2.97. The molecule has 0 fully saturated rings. The Morgan fingerprint density at radius 1 is 1.20 bits per heavy atom. The minimum atomic E-state index is 0.0225. The molecule has 2 rings (SSSR count). The van der Waals surface area contributed by atoms with Crippen molar-refractivity contribution in [2.45, 2.75) is 33.2 Å². The van der Waals surface area contributed by atoms with Gasteiger partial charge in [-0.2, -0.15) is 0 Å². The fourth-order valence-corrected chi connectivity index (χ4v) is 3.05. The predicted molar refractivity (Wildman–Crippen MR) is 85.1 cm³/mol. The van der Waals surface area contributed by atoms with Gasteiger partial charge in [0.15, 0.2) is 0 Å². The van der Waals surface area contributed by atoms with Gasteiger partial charge >= 0.3 is 0 Å². The van der Waals surface area contributed by atoms with E-state index in [-0.39, 0.29) is 5.91 Å². The first-order chi connectivity index (χ1) is 9.69. The Hall–Kier alpha value is -1.61. The topological polar surface area (TPSA) is 29.1 Å². The second kappa shape index (κ2) is 7.25. The quantitative estimate of drug-likeness (QED) is 0.844. The zero-order chi connectivity index (χ0) is 14.4. The number of benzene rings is 1. The monoisotopic (exact) mass is 287 g/mol. The number of nitrogens with one attached hydrogen (secondary N) is 1. The van der Waals surface area contributed by atoms with Crippen LogP contribution < -0.4 is 5.32 Å². The van der Waals surface area contributed by atoms with Crippen molar-refractivity contribution in [3.63, 3.8) is 0 Å². The number of rotatable bonds is 6. The van der Waals surface area contributed by atoms with Crippen LogP contribution in [0.1, 0.15) is 40.4 Å². The molecule has 0 radical (unpaired) electrons. The molecule has 1 amide bonds. The standard InChI is InChI=1S/C17H21NOS/c1-3-13(2)11-15-9-10-16(20-15)17(19)18-12-14-7-5-4-6-8-14/h4-10,13H,3,11-12H2,1-2H3,(H,18,19). The summed E-state index contributed by atoms with van der Waals surface area (Å²) in [4.78, 5) is 14.2. The van der Waals surface area contributed by atoms with Crippen LogP contribution >= 0.6 is 11.3 Å². The van der Waals surface area contributed by atoms with Crippen LogP contribution in [0.5, 0.6) is 0 Å². The van der Waals surface area contributed by atoms with Gasteiger partial charge in [-0.1, -0.05) is 50.6 Å². The van der Waals surface area contributed by atoms with E-state index in [4.69, 9.17) is 0 Å². The van der Waals surface area contributed by atoms with Crippen molar-refractivity contribution in [2.75, 3.05) is 0 Å². The molecule has 1 atom stereocenters. The summed E-state index contributed by atoms with van der Waals surface area (Å²) < 4.78 is 0. The zero-order valence-electron chi connectivity index (χ0n) is 12.1. The van der Waals surface area contributed by atoms with Gasteiger partial charge in [0.2, 0.25) is 0 Å². The molecule has 1 heterocycles. The second-order valence-corrected chi connectivity index (χ2v) is 6.32. The molecule has 0 spiro atoms. The van der Waals surface area contributed by atoms with Crippen LogP contribution in [0.3, 0.4) is 0 Å².